The summed E-state index contributed by atoms with van der Waals surface area (Å²) in [7, 11) is 0. The molecular weight excluding hydrogens is 487 g/mol. The van der Waals surface area contributed by atoms with Gasteiger partial charge in [0.25, 0.3) is 0 Å². The predicted molar refractivity (Wildman–Crippen MR) is 125 cm³/mol. The summed E-state index contributed by atoms with van der Waals surface area (Å²) in [5.41, 5.74) is 1.71. The second-order valence-electron chi connectivity index (χ2n) is 7.74. The normalized spacial score (nSPS) is 15.1. The van der Waals surface area contributed by atoms with Gasteiger partial charge in [-0.25, -0.2) is 0 Å². The molecule has 0 bridgehead atoms. The zero-order valence-corrected chi connectivity index (χ0v) is 19.9. The summed E-state index contributed by atoms with van der Waals surface area (Å²) in [6, 6.07) is 12.5. The highest BCUT2D eigenvalue weighted by atomic mass is 79.9. The standard InChI is InChI=1S/C23H25BrCl2N2O2/c1-15(23(30)27-19-7-2-3-8-19)28(14-17-5-4-6-18(24)11-17)22(29)13-16-9-10-20(25)21(26)12-16/h4-6,9-12,15,19H,2-3,7-8,13-14H2,1H3,(H,27,30). The summed E-state index contributed by atoms with van der Waals surface area (Å²) >= 11 is 15.6. The molecular formula is C23H25BrCl2N2O2. The maximum atomic E-state index is 13.2. The number of nitrogens with zero attached hydrogens (tertiary/aromatic N) is 1. The Labute approximate surface area is 196 Å². The third kappa shape index (κ3) is 6.22. The van der Waals surface area contributed by atoms with E-state index in [1.54, 1.807) is 30.0 Å². The lowest BCUT2D eigenvalue weighted by atomic mass is 10.1. The highest BCUT2D eigenvalue weighted by Gasteiger charge is 2.28. The molecule has 0 saturated heterocycles. The Hall–Kier alpha value is -1.56. The van der Waals surface area contributed by atoms with Gasteiger partial charge in [-0.3, -0.25) is 9.59 Å². The monoisotopic (exact) mass is 510 g/mol. The van der Waals surface area contributed by atoms with E-state index in [0.717, 1.165) is 41.3 Å². The van der Waals surface area contributed by atoms with Crippen LogP contribution < -0.4 is 5.32 Å². The van der Waals surface area contributed by atoms with Gasteiger partial charge in [-0.2, -0.15) is 0 Å². The first-order valence-electron chi connectivity index (χ1n) is 10.1. The van der Waals surface area contributed by atoms with Gasteiger partial charge in [0.2, 0.25) is 11.8 Å². The van der Waals surface area contributed by atoms with Crippen molar-refractivity contribution in [3.8, 4) is 0 Å². The van der Waals surface area contributed by atoms with E-state index >= 15 is 0 Å². The lowest BCUT2D eigenvalue weighted by Gasteiger charge is -2.30. The molecule has 7 heteroatoms. The Morgan fingerprint density at radius 2 is 1.83 bits per heavy atom. The Balaban J connectivity index is 1.78. The van der Waals surface area contributed by atoms with Crippen LogP contribution in [-0.2, 0) is 22.6 Å². The maximum Gasteiger partial charge on any atom is 0.242 e. The minimum absolute atomic E-state index is 0.112. The van der Waals surface area contributed by atoms with Crippen molar-refractivity contribution in [2.24, 2.45) is 0 Å². The maximum absolute atomic E-state index is 13.2. The first-order chi connectivity index (χ1) is 14.3. The molecule has 2 amide bonds. The zero-order valence-electron chi connectivity index (χ0n) is 16.8. The minimum atomic E-state index is -0.583. The number of hydrogen-bond acceptors (Lipinski definition) is 2. The molecule has 3 rings (SSSR count). The number of halogens is 3. The summed E-state index contributed by atoms with van der Waals surface area (Å²) in [5, 5.41) is 3.97. The van der Waals surface area contributed by atoms with Crippen LogP contribution in [0.1, 0.15) is 43.7 Å². The van der Waals surface area contributed by atoms with E-state index in [2.05, 4.69) is 21.2 Å². The van der Waals surface area contributed by atoms with Crippen LogP contribution in [0.5, 0.6) is 0 Å². The molecule has 1 N–H and O–H groups in total. The second kappa shape index (κ2) is 10.7. The molecule has 0 aliphatic heterocycles. The highest BCUT2D eigenvalue weighted by Crippen LogP contribution is 2.24. The van der Waals surface area contributed by atoms with Gasteiger partial charge >= 0.3 is 0 Å². The Morgan fingerprint density at radius 3 is 2.50 bits per heavy atom. The van der Waals surface area contributed by atoms with Crippen molar-refractivity contribution in [1.82, 2.24) is 10.2 Å². The van der Waals surface area contributed by atoms with Gasteiger partial charge in [0.1, 0.15) is 6.04 Å². The first-order valence-corrected chi connectivity index (χ1v) is 11.7. The molecule has 4 nitrogen and oxygen atoms in total. The molecule has 1 aliphatic rings. The van der Waals surface area contributed by atoms with Gasteiger partial charge in [0.15, 0.2) is 0 Å². The third-order valence-corrected chi connectivity index (χ3v) is 6.68. The first kappa shape index (κ1) is 23.1. The van der Waals surface area contributed by atoms with Crippen LogP contribution in [0.15, 0.2) is 46.9 Å². The minimum Gasteiger partial charge on any atom is -0.352 e. The Bertz CT molecular complexity index is 916. The fourth-order valence-corrected chi connectivity index (χ4v) is 4.50. The van der Waals surface area contributed by atoms with E-state index in [9.17, 15) is 9.59 Å². The fraction of sp³-hybridized carbons (Fsp3) is 0.391. The van der Waals surface area contributed by atoms with Crippen LogP contribution in [-0.4, -0.2) is 28.8 Å². The third-order valence-electron chi connectivity index (χ3n) is 5.45. The summed E-state index contributed by atoms with van der Waals surface area (Å²) in [4.78, 5) is 27.8. The van der Waals surface area contributed by atoms with Crippen molar-refractivity contribution in [2.45, 2.75) is 57.7 Å². The van der Waals surface area contributed by atoms with Gasteiger partial charge in [0.05, 0.1) is 16.5 Å². The molecule has 30 heavy (non-hydrogen) atoms. The van der Waals surface area contributed by atoms with Gasteiger partial charge in [-0.1, -0.05) is 70.2 Å². The molecule has 1 unspecified atom stereocenters. The van der Waals surface area contributed by atoms with Crippen LogP contribution in [0.2, 0.25) is 10.0 Å². The van der Waals surface area contributed by atoms with E-state index in [1.807, 2.05) is 24.3 Å². The molecule has 1 aliphatic carbocycles. The summed E-state index contributed by atoms with van der Waals surface area (Å²) in [5.74, 6) is -0.248. The quantitative estimate of drug-likeness (QED) is 0.512. The number of rotatable bonds is 7. The number of nitrogens with one attached hydrogen (secondary N) is 1. The Kier molecular flexibility index (Phi) is 8.20. The van der Waals surface area contributed by atoms with E-state index in [-0.39, 0.29) is 24.3 Å². The molecule has 1 atom stereocenters. The van der Waals surface area contributed by atoms with Crippen molar-refractivity contribution < 1.29 is 9.59 Å². The molecule has 2 aromatic rings. The molecule has 0 spiro atoms. The predicted octanol–water partition coefficient (Wildman–Crippen LogP) is 5.77. The lowest BCUT2D eigenvalue weighted by Crippen LogP contribution is -2.50. The van der Waals surface area contributed by atoms with Gasteiger partial charge in [0, 0.05) is 17.1 Å². The fourth-order valence-electron chi connectivity index (χ4n) is 3.73. The molecule has 2 aromatic carbocycles. The van der Waals surface area contributed by atoms with Crippen LogP contribution in [0.3, 0.4) is 0 Å². The SMILES string of the molecule is CC(C(=O)NC1CCCC1)N(Cc1cccc(Br)c1)C(=O)Cc1ccc(Cl)c(Cl)c1. The van der Waals surface area contributed by atoms with Gasteiger partial charge < -0.3 is 10.2 Å². The van der Waals surface area contributed by atoms with E-state index in [0.29, 0.717) is 16.6 Å². The van der Waals surface area contributed by atoms with Crippen molar-refractivity contribution in [2.75, 3.05) is 0 Å². The Morgan fingerprint density at radius 1 is 1.10 bits per heavy atom. The molecule has 160 valence electrons. The van der Waals surface area contributed by atoms with Crippen LogP contribution in [0.4, 0.5) is 0 Å². The van der Waals surface area contributed by atoms with Crippen molar-refractivity contribution in [3.63, 3.8) is 0 Å². The van der Waals surface area contributed by atoms with Crippen LogP contribution >= 0.6 is 39.1 Å². The van der Waals surface area contributed by atoms with Crippen molar-refractivity contribution in [1.29, 1.82) is 0 Å². The van der Waals surface area contributed by atoms with Gasteiger partial charge in [-0.15, -0.1) is 0 Å². The molecule has 0 heterocycles. The summed E-state index contributed by atoms with van der Waals surface area (Å²) in [6.45, 7) is 2.13. The number of carbonyl (C=O) groups excluding carboxylic acids is 2. The van der Waals surface area contributed by atoms with E-state index < -0.39 is 6.04 Å². The van der Waals surface area contributed by atoms with Crippen molar-refractivity contribution in [3.05, 3.63) is 68.1 Å². The topological polar surface area (TPSA) is 49.4 Å². The highest BCUT2D eigenvalue weighted by molar-refractivity contribution is 9.10. The summed E-state index contributed by atoms with van der Waals surface area (Å²) < 4.78 is 0.931. The zero-order chi connectivity index (χ0) is 21.7. The molecule has 1 fully saturated rings. The number of hydrogen-bond donors (Lipinski definition) is 1. The number of carbonyl (C=O) groups is 2. The van der Waals surface area contributed by atoms with E-state index in [4.69, 9.17) is 23.2 Å². The van der Waals surface area contributed by atoms with Crippen LogP contribution in [0, 0.1) is 0 Å². The average Bonchev–Trinajstić information content (AvgIpc) is 3.21. The number of amides is 2. The van der Waals surface area contributed by atoms with Gasteiger partial charge in [-0.05, 0) is 55.2 Å². The van der Waals surface area contributed by atoms with E-state index in [1.165, 1.54) is 0 Å². The average molecular weight is 512 g/mol. The largest absolute Gasteiger partial charge is 0.352 e. The molecule has 0 aromatic heterocycles. The smallest absolute Gasteiger partial charge is 0.242 e. The van der Waals surface area contributed by atoms with Crippen molar-refractivity contribution >= 4 is 50.9 Å². The summed E-state index contributed by atoms with van der Waals surface area (Å²) in [6.07, 6.45) is 4.42. The lowest BCUT2D eigenvalue weighted by molar-refractivity contribution is -0.140. The second-order valence-corrected chi connectivity index (χ2v) is 9.47. The number of benzene rings is 2. The molecule has 0 radical (unpaired) electrons. The molecule has 1 saturated carbocycles. The van der Waals surface area contributed by atoms with Crippen LogP contribution in [0.25, 0.3) is 0 Å².